The molecule has 14 heavy (non-hydrogen) atoms. The van der Waals surface area contributed by atoms with Crippen molar-refractivity contribution >= 4 is 0 Å². The molecule has 0 bridgehead atoms. The van der Waals surface area contributed by atoms with E-state index in [1.165, 1.54) is 0 Å². The van der Waals surface area contributed by atoms with Crippen molar-refractivity contribution in [1.82, 2.24) is 4.90 Å². The molecule has 2 N–H and O–H groups in total. The first-order chi connectivity index (χ1) is 6.32. The maximum atomic E-state index is 12.4. The lowest BCUT2D eigenvalue weighted by Crippen LogP contribution is -2.50. The Morgan fingerprint density at radius 1 is 1.21 bits per heavy atom. The summed E-state index contributed by atoms with van der Waals surface area (Å²) < 4.78 is 37.1. The van der Waals surface area contributed by atoms with Crippen LogP contribution in [0, 0.1) is 5.92 Å². The largest absolute Gasteiger partial charge is 0.391 e. The minimum atomic E-state index is -4.07. The van der Waals surface area contributed by atoms with Crippen molar-refractivity contribution in [3.8, 4) is 0 Å². The Kier molecular flexibility index (Phi) is 3.42. The molecule has 1 aliphatic rings. The fourth-order valence-electron chi connectivity index (χ4n) is 2.13. The lowest BCUT2D eigenvalue weighted by molar-refractivity contribution is -0.185. The molecule has 1 saturated carbocycles. The van der Waals surface area contributed by atoms with Gasteiger partial charge >= 0.3 is 6.18 Å². The van der Waals surface area contributed by atoms with E-state index in [2.05, 4.69) is 0 Å². The van der Waals surface area contributed by atoms with Crippen LogP contribution in [-0.2, 0) is 0 Å². The van der Waals surface area contributed by atoms with Crippen LogP contribution in [0.5, 0.6) is 0 Å². The van der Waals surface area contributed by atoms with E-state index in [9.17, 15) is 13.2 Å². The van der Waals surface area contributed by atoms with Gasteiger partial charge in [0.25, 0.3) is 0 Å². The van der Waals surface area contributed by atoms with E-state index in [-0.39, 0.29) is 24.9 Å². The molecule has 2 nitrogen and oxygen atoms in total. The molecule has 0 heterocycles. The van der Waals surface area contributed by atoms with Gasteiger partial charge in [-0.15, -0.1) is 0 Å². The van der Waals surface area contributed by atoms with Gasteiger partial charge in [-0.25, -0.2) is 0 Å². The summed E-state index contributed by atoms with van der Waals surface area (Å²) in [6.07, 6.45) is -3.26. The van der Waals surface area contributed by atoms with E-state index < -0.39 is 12.1 Å². The Hall–Kier alpha value is -0.290. The second-order valence-corrected chi connectivity index (χ2v) is 4.25. The first-order valence-corrected chi connectivity index (χ1v) is 4.81. The van der Waals surface area contributed by atoms with Crippen molar-refractivity contribution in [2.24, 2.45) is 11.7 Å². The highest BCUT2D eigenvalue weighted by Crippen LogP contribution is 2.37. The zero-order valence-electron chi connectivity index (χ0n) is 8.51. The first-order valence-electron chi connectivity index (χ1n) is 4.81. The van der Waals surface area contributed by atoms with Crippen LogP contribution in [0.15, 0.2) is 0 Å². The molecular formula is C9H17F3N2. The molecule has 0 saturated heterocycles. The molecule has 0 unspecified atom stereocenters. The van der Waals surface area contributed by atoms with Crippen molar-refractivity contribution < 1.29 is 13.2 Å². The molecule has 1 aliphatic carbocycles. The van der Waals surface area contributed by atoms with Gasteiger partial charge in [-0.3, -0.25) is 0 Å². The fraction of sp³-hybridized carbons (Fsp3) is 1.00. The van der Waals surface area contributed by atoms with E-state index in [4.69, 9.17) is 5.73 Å². The number of nitrogens with zero attached hydrogens (tertiary/aromatic N) is 1. The molecule has 0 aliphatic heterocycles. The smallest absolute Gasteiger partial charge is 0.326 e. The number of likely N-dealkylation sites (N-methyl/N-ethyl adjacent to an activating group) is 1. The van der Waals surface area contributed by atoms with Crippen LogP contribution in [0.25, 0.3) is 0 Å². The van der Waals surface area contributed by atoms with Crippen molar-refractivity contribution in [3.63, 3.8) is 0 Å². The molecule has 0 aromatic carbocycles. The summed E-state index contributed by atoms with van der Waals surface area (Å²) in [7, 11) is 3.72. The fourth-order valence-corrected chi connectivity index (χ4v) is 2.13. The van der Waals surface area contributed by atoms with E-state index in [1.54, 1.807) is 0 Å². The van der Waals surface area contributed by atoms with Crippen LogP contribution in [0.2, 0.25) is 0 Å². The number of hydrogen-bond donors (Lipinski definition) is 1. The Bertz CT molecular complexity index is 191. The van der Waals surface area contributed by atoms with Crippen LogP contribution in [-0.4, -0.2) is 37.3 Å². The molecule has 3 atom stereocenters. The van der Waals surface area contributed by atoms with Gasteiger partial charge in [-0.2, -0.15) is 13.2 Å². The Morgan fingerprint density at radius 2 is 1.79 bits per heavy atom. The Balaban J connectivity index is 2.55. The highest BCUT2D eigenvalue weighted by atomic mass is 19.4. The van der Waals surface area contributed by atoms with E-state index in [0.29, 0.717) is 6.42 Å². The van der Waals surface area contributed by atoms with Gasteiger partial charge < -0.3 is 10.6 Å². The van der Waals surface area contributed by atoms with Crippen LogP contribution in [0.1, 0.15) is 19.3 Å². The van der Waals surface area contributed by atoms with E-state index in [0.717, 1.165) is 0 Å². The second kappa shape index (κ2) is 4.06. The van der Waals surface area contributed by atoms with E-state index in [1.807, 2.05) is 19.0 Å². The zero-order valence-corrected chi connectivity index (χ0v) is 8.51. The lowest BCUT2D eigenvalue weighted by atomic mass is 9.82. The monoisotopic (exact) mass is 210 g/mol. The molecule has 0 radical (unpaired) electrons. The van der Waals surface area contributed by atoms with Crippen LogP contribution in [0.3, 0.4) is 0 Å². The van der Waals surface area contributed by atoms with Gasteiger partial charge in [0.2, 0.25) is 0 Å². The van der Waals surface area contributed by atoms with Crippen molar-refractivity contribution in [2.75, 3.05) is 14.1 Å². The predicted molar refractivity (Wildman–Crippen MR) is 48.8 cm³/mol. The molecule has 0 spiro atoms. The average molecular weight is 210 g/mol. The minimum Gasteiger partial charge on any atom is -0.326 e. The molecule has 0 amide bonds. The Morgan fingerprint density at radius 3 is 2.14 bits per heavy atom. The number of halogens is 3. The summed E-state index contributed by atoms with van der Waals surface area (Å²) in [5, 5.41) is 0. The normalized spacial score (nSPS) is 34.9. The maximum absolute atomic E-state index is 12.4. The highest BCUT2D eigenvalue weighted by Gasteiger charge is 2.44. The topological polar surface area (TPSA) is 29.3 Å². The minimum absolute atomic E-state index is 0.0619. The summed E-state index contributed by atoms with van der Waals surface area (Å²) in [6, 6.07) is -0.265. The summed E-state index contributed by atoms with van der Waals surface area (Å²) in [5.74, 6) is -1.20. The molecular weight excluding hydrogens is 193 g/mol. The molecule has 0 aromatic rings. The average Bonchev–Trinajstić information content (AvgIpc) is 2.01. The molecule has 1 rings (SSSR count). The standard InChI is InChI=1S/C9H17F3N2/c1-14(2)8-4-3-6(5-7(8)13)9(10,11)12/h6-8H,3-5,13H2,1-2H3/t6-,7+,8+/m1/s1. The van der Waals surface area contributed by atoms with Crippen molar-refractivity contribution in [2.45, 2.75) is 37.5 Å². The van der Waals surface area contributed by atoms with Crippen LogP contribution >= 0.6 is 0 Å². The predicted octanol–water partition coefficient (Wildman–Crippen LogP) is 1.61. The van der Waals surface area contributed by atoms with Crippen LogP contribution < -0.4 is 5.73 Å². The SMILES string of the molecule is CN(C)[C@H]1CC[C@@H](C(F)(F)F)C[C@@H]1N. The van der Waals surface area contributed by atoms with E-state index >= 15 is 0 Å². The van der Waals surface area contributed by atoms with Gasteiger partial charge in [0.15, 0.2) is 0 Å². The Labute approximate surface area is 82.2 Å². The third kappa shape index (κ3) is 2.60. The van der Waals surface area contributed by atoms with Gasteiger partial charge in [-0.05, 0) is 33.4 Å². The van der Waals surface area contributed by atoms with Crippen molar-refractivity contribution in [3.05, 3.63) is 0 Å². The quantitative estimate of drug-likeness (QED) is 0.712. The summed E-state index contributed by atoms with van der Waals surface area (Å²) in [4.78, 5) is 1.91. The number of nitrogens with two attached hydrogens (primary N) is 1. The third-order valence-corrected chi connectivity index (χ3v) is 2.99. The first kappa shape index (κ1) is 11.8. The van der Waals surface area contributed by atoms with Gasteiger partial charge in [-0.1, -0.05) is 0 Å². The summed E-state index contributed by atoms with van der Waals surface area (Å²) in [5.41, 5.74) is 5.73. The zero-order chi connectivity index (χ0) is 10.9. The second-order valence-electron chi connectivity index (χ2n) is 4.25. The van der Waals surface area contributed by atoms with Crippen LogP contribution in [0.4, 0.5) is 13.2 Å². The third-order valence-electron chi connectivity index (χ3n) is 2.99. The number of hydrogen-bond acceptors (Lipinski definition) is 2. The lowest BCUT2D eigenvalue weighted by Gasteiger charge is -2.38. The van der Waals surface area contributed by atoms with Crippen molar-refractivity contribution in [1.29, 1.82) is 0 Å². The highest BCUT2D eigenvalue weighted by molar-refractivity contribution is 4.89. The molecule has 1 fully saturated rings. The maximum Gasteiger partial charge on any atom is 0.391 e. The number of alkyl halides is 3. The summed E-state index contributed by atoms with van der Waals surface area (Å²) in [6.45, 7) is 0. The summed E-state index contributed by atoms with van der Waals surface area (Å²) >= 11 is 0. The molecule has 5 heteroatoms. The van der Waals surface area contributed by atoms with Gasteiger partial charge in [0.05, 0.1) is 5.92 Å². The number of rotatable bonds is 1. The molecule has 0 aromatic heterocycles. The van der Waals surface area contributed by atoms with Gasteiger partial charge in [0.1, 0.15) is 0 Å². The molecule has 84 valence electrons. The van der Waals surface area contributed by atoms with Gasteiger partial charge in [0, 0.05) is 12.1 Å².